The van der Waals surface area contributed by atoms with Gasteiger partial charge in [0.25, 0.3) is 0 Å². The highest BCUT2D eigenvalue weighted by atomic mass is 16.4. The minimum atomic E-state index is -1.17. The van der Waals surface area contributed by atoms with E-state index in [4.69, 9.17) is 10.8 Å². The maximum absolute atomic E-state index is 10.7. The fourth-order valence-corrected chi connectivity index (χ4v) is 1.48. The number of hydrogen-bond acceptors (Lipinski definition) is 3. The molecule has 0 aliphatic heterocycles. The van der Waals surface area contributed by atoms with Crippen LogP contribution in [0, 0.1) is 13.8 Å². The maximum atomic E-state index is 10.7. The number of phenols is 1. The molecule has 76 valence electrons. The number of rotatable bonds is 2. The Morgan fingerprint density at radius 2 is 2.00 bits per heavy atom. The zero-order valence-electron chi connectivity index (χ0n) is 8.11. The SMILES string of the molecule is Cc1cc(C)c([C@H](N)C(=O)O)c(O)c1. The highest BCUT2D eigenvalue weighted by Gasteiger charge is 2.20. The van der Waals surface area contributed by atoms with Crippen molar-refractivity contribution in [3.8, 4) is 5.75 Å². The number of aliphatic carboxylic acids is 1. The fourth-order valence-electron chi connectivity index (χ4n) is 1.48. The number of carboxylic acid groups (broad SMARTS) is 1. The molecule has 0 unspecified atom stereocenters. The molecule has 0 radical (unpaired) electrons. The molecule has 4 nitrogen and oxygen atoms in total. The van der Waals surface area contributed by atoms with E-state index in [9.17, 15) is 9.90 Å². The van der Waals surface area contributed by atoms with Crippen molar-refractivity contribution in [3.05, 3.63) is 28.8 Å². The largest absolute Gasteiger partial charge is 0.508 e. The highest BCUT2D eigenvalue weighted by molar-refractivity contribution is 5.77. The standard InChI is InChI=1S/C10H13NO3/c1-5-3-6(2)8(7(12)4-5)9(11)10(13)14/h3-4,9,12H,11H2,1-2H3,(H,13,14)/t9-/m0/s1. The van der Waals surface area contributed by atoms with Crippen LogP contribution in [0.15, 0.2) is 12.1 Å². The summed E-state index contributed by atoms with van der Waals surface area (Å²) in [7, 11) is 0. The fraction of sp³-hybridized carbons (Fsp3) is 0.300. The molecule has 0 aromatic heterocycles. The Balaban J connectivity index is 3.27. The van der Waals surface area contributed by atoms with Gasteiger partial charge in [-0.2, -0.15) is 0 Å². The summed E-state index contributed by atoms with van der Waals surface area (Å²) in [5.41, 5.74) is 7.28. The molecule has 0 spiro atoms. The molecule has 0 heterocycles. The summed E-state index contributed by atoms with van der Waals surface area (Å²) >= 11 is 0. The molecule has 0 aliphatic carbocycles. The van der Waals surface area contributed by atoms with E-state index in [1.54, 1.807) is 13.0 Å². The van der Waals surface area contributed by atoms with Gasteiger partial charge in [-0.05, 0) is 31.0 Å². The Hall–Kier alpha value is -1.55. The number of carboxylic acids is 1. The van der Waals surface area contributed by atoms with Gasteiger partial charge in [-0.3, -0.25) is 4.79 Å². The molecule has 0 saturated heterocycles. The third kappa shape index (κ3) is 1.85. The summed E-state index contributed by atoms with van der Waals surface area (Å²) in [5.74, 6) is -1.20. The summed E-state index contributed by atoms with van der Waals surface area (Å²) < 4.78 is 0. The van der Waals surface area contributed by atoms with E-state index >= 15 is 0 Å². The molecular formula is C10H13NO3. The van der Waals surface area contributed by atoms with E-state index in [2.05, 4.69) is 0 Å². The van der Waals surface area contributed by atoms with Crippen molar-refractivity contribution in [2.24, 2.45) is 5.73 Å². The Morgan fingerprint density at radius 1 is 1.43 bits per heavy atom. The van der Waals surface area contributed by atoms with Crippen LogP contribution in [0.3, 0.4) is 0 Å². The van der Waals surface area contributed by atoms with Gasteiger partial charge in [-0.15, -0.1) is 0 Å². The molecular weight excluding hydrogens is 182 g/mol. The second-order valence-corrected chi connectivity index (χ2v) is 3.33. The lowest BCUT2D eigenvalue weighted by atomic mass is 9.98. The first-order valence-corrected chi connectivity index (χ1v) is 4.22. The van der Waals surface area contributed by atoms with Crippen LogP contribution in [0.25, 0.3) is 0 Å². The van der Waals surface area contributed by atoms with E-state index < -0.39 is 12.0 Å². The smallest absolute Gasteiger partial charge is 0.325 e. The van der Waals surface area contributed by atoms with Crippen LogP contribution in [-0.2, 0) is 4.79 Å². The number of carbonyl (C=O) groups is 1. The first-order valence-electron chi connectivity index (χ1n) is 4.22. The molecule has 4 N–H and O–H groups in total. The van der Waals surface area contributed by atoms with E-state index in [0.29, 0.717) is 5.56 Å². The average molecular weight is 195 g/mol. The van der Waals surface area contributed by atoms with Crippen molar-refractivity contribution in [1.29, 1.82) is 0 Å². The van der Waals surface area contributed by atoms with E-state index in [-0.39, 0.29) is 11.3 Å². The number of nitrogens with two attached hydrogens (primary N) is 1. The number of benzene rings is 1. The Kier molecular flexibility index (Phi) is 2.76. The number of hydrogen-bond donors (Lipinski definition) is 3. The first kappa shape index (κ1) is 10.5. The van der Waals surface area contributed by atoms with E-state index in [0.717, 1.165) is 5.56 Å². The molecule has 0 amide bonds. The van der Waals surface area contributed by atoms with Crippen LogP contribution in [0.5, 0.6) is 5.75 Å². The second-order valence-electron chi connectivity index (χ2n) is 3.33. The highest BCUT2D eigenvalue weighted by Crippen LogP contribution is 2.27. The predicted molar refractivity (Wildman–Crippen MR) is 52.1 cm³/mol. The zero-order chi connectivity index (χ0) is 10.9. The van der Waals surface area contributed by atoms with Gasteiger partial charge in [0.05, 0.1) is 0 Å². The van der Waals surface area contributed by atoms with Crippen LogP contribution in [0.1, 0.15) is 22.7 Å². The topological polar surface area (TPSA) is 83.6 Å². The second kappa shape index (κ2) is 3.67. The molecule has 0 bridgehead atoms. The maximum Gasteiger partial charge on any atom is 0.325 e. The Bertz CT molecular complexity index is 351. The lowest BCUT2D eigenvalue weighted by molar-refractivity contribution is -0.138. The molecule has 1 atom stereocenters. The van der Waals surface area contributed by atoms with Crippen LogP contribution >= 0.6 is 0 Å². The molecule has 1 aromatic rings. The molecule has 0 saturated carbocycles. The summed E-state index contributed by atoms with van der Waals surface area (Å²) in [6, 6.07) is 2.12. The van der Waals surface area contributed by atoms with Crippen LogP contribution in [0.4, 0.5) is 0 Å². The van der Waals surface area contributed by atoms with Crippen molar-refractivity contribution in [3.63, 3.8) is 0 Å². The average Bonchev–Trinajstić information content (AvgIpc) is 2.01. The Morgan fingerprint density at radius 3 is 2.43 bits per heavy atom. The van der Waals surface area contributed by atoms with Crippen molar-refractivity contribution < 1.29 is 15.0 Å². The van der Waals surface area contributed by atoms with Gasteiger partial charge >= 0.3 is 5.97 Å². The lowest BCUT2D eigenvalue weighted by Gasteiger charge is -2.13. The third-order valence-corrected chi connectivity index (χ3v) is 2.09. The summed E-state index contributed by atoms with van der Waals surface area (Å²) in [5, 5.41) is 18.3. The monoisotopic (exact) mass is 195 g/mol. The lowest BCUT2D eigenvalue weighted by Crippen LogP contribution is -2.21. The van der Waals surface area contributed by atoms with Gasteiger partial charge in [-0.25, -0.2) is 0 Å². The molecule has 14 heavy (non-hydrogen) atoms. The van der Waals surface area contributed by atoms with Crippen LogP contribution in [0.2, 0.25) is 0 Å². The molecule has 4 heteroatoms. The third-order valence-electron chi connectivity index (χ3n) is 2.09. The Labute approximate surface area is 82.0 Å². The zero-order valence-corrected chi connectivity index (χ0v) is 8.11. The van der Waals surface area contributed by atoms with Gasteiger partial charge < -0.3 is 15.9 Å². The van der Waals surface area contributed by atoms with Crippen molar-refractivity contribution in [1.82, 2.24) is 0 Å². The van der Waals surface area contributed by atoms with Crippen molar-refractivity contribution >= 4 is 5.97 Å². The van der Waals surface area contributed by atoms with Gasteiger partial charge in [0.15, 0.2) is 0 Å². The quantitative estimate of drug-likeness (QED) is 0.659. The summed E-state index contributed by atoms with van der Waals surface area (Å²) in [6.45, 7) is 3.55. The summed E-state index contributed by atoms with van der Waals surface area (Å²) in [4.78, 5) is 10.7. The first-order chi connectivity index (χ1) is 6.43. The van der Waals surface area contributed by atoms with E-state index in [1.807, 2.05) is 6.92 Å². The van der Waals surface area contributed by atoms with Crippen LogP contribution < -0.4 is 5.73 Å². The minimum absolute atomic E-state index is 0.0580. The van der Waals surface area contributed by atoms with Crippen molar-refractivity contribution in [2.45, 2.75) is 19.9 Å². The predicted octanol–water partition coefficient (Wildman–Crippen LogP) is 1.09. The molecule has 0 fully saturated rings. The van der Waals surface area contributed by atoms with Gasteiger partial charge in [-0.1, -0.05) is 6.07 Å². The van der Waals surface area contributed by atoms with E-state index in [1.165, 1.54) is 6.07 Å². The normalized spacial score (nSPS) is 12.5. The molecule has 1 rings (SSSR count). The van der Waals surface area contributed by atoms with Gasteiger partial charge in [0, 0.05) is 5.56 Å². The van der Waals surface area contributed by atoms with Crippen LogP contribution in [-0.4, -0.2) is 16.2 Å². The summed E-state index contributed by atoms with van der Waals surface area (Å²) in [6.07, 6.45) is 0. The number of aromatic hydroxyl groups is 1. The number of aryl methyl sites for hydroxylation is 2. The number of phenolic OH excluding ortho intramolecular Hbond substituents is 1. The molecule has 1 aromatic carbocycles. The molecule has 0 aliphatic rings. The van der Waals surface area contributed by atoms with Crippen molar-refractivity contribution in [2.75, 3.05) is 0 Å². The minimum Gasteiger partial charge on any atom is -0.508 e. The van der Waals surface area contributed by atoms with Gasteiger partial charge in [0.1, 0.15) is 11.8 Å². The van der Waals surface area contributed by atoms with Gasteiger partial charge in [0.2, 0.25) is 0 Å².